The van der Waals surface area contributed by atoms with Crippen LogP contribution < -0.4 is 20.9 Å². The molecular weight excluding hydrogens is 507 g/mol. The minimum atomic E-state index is -0.633. The van der Waals surface area contributed by atoms with Crippen molar-refractivity contribution in [3.8, 4) is 5.82 Å². The van der Waals surface area contributed by atoms with Gasteiger partial charge in [0, 0.05) is 55.0 Å². The van der Waals surface area contributed by atoms with Crippen LogP contribution in [0.15, 0.2) is 79.3 Å². The summed E-state index contributed by atoms with van der Waals surface area (Å²) in [4.78, 5) is 28.7. The number of halogens is 1. The smallest absolute Gasteiger partial charge is 0.255 e. The molecule has 0 aliphatic carbocycles. The van der Waals surface area contributed by atoms with Crippen LogP contribution in [-0.2, 0) is 6.67 Å². The molecule has 3 heterocycles. The van der Waals surface area contributed by atoms with Gasteiger partial charge in [0.1, 0.15) is 18.8 Å². The van der Waals surface area contributed by atoms with E-state index in [4.69, 9.17) is 4.98 Å². The number of imidazole rings is 1. The van der Waals surface area contributed by atoms with Crippen LogP contribution in [-0.4, -0.2) is 51.6 Å². The van der Waals surface area contributed by atoms with Gasteiger partial charge in [-0.2, -0.15) is 0 Å². The van der Waals surface area contributed by atoms with Gasteiger partial charge in [0.05, 0.1) is 11.0 Å². The highest BCUT2D eigenvalue weighted by molar-refractivity contribution is 6.05. The summed E-state index contributed by atoms with van der Waals surface area (Å²) in [5.41, 5.74) is 5.84. The van der Waals surface area contributed by atoms with E-state index in [1.807, 2.05) is 72.2 Å². The number of piperazine rings is 1. The number of anilines is 4. The monoisotopic (exact) mass is 536 g/mol. The highest BCUT2D eigenvalue weighted by atomic mass is 19.1. The fraction of sp³-hybridized carbons (Fsp3) is 0.200. The van der Waals surface area contributed by atoms with E-state index >= 15 is 0 Å². The van der Waals surface area contributed by atoms with Crippen molar-refractivity contribution in [2.24, 2.45) is 0 Å². The predicted molar refractivity (Wildman–Crippen MR) is 155 cm³/mol. The molecule has 10 heteroatoms. The Hall–Kier alpha value is -4.83. The molecule has 1 fully saturated rings. The molecule has 0 radical (unpaired) electrons. The first-order valence-electron chi connectivity index (χ1n) is 13.2. The molecule has 0 saturated carbocycles. The van der Waals surface area contributed by atoms with Gasteiger partial charge in [-0.1, -0.05) is 18.2 Å². The minimum Gasteiger partial charge on any atom is -0.369 e. The van der Waals surface area contributed by atoms with E-state index < -0.39 is 6.67 Å². The van der Waals surface area contributed by atoms with Gasteiger partial charge in [0.25, 0.3) is 5.91 Å². The number of fused-ring (bicyclic) bond motifs is 1. The van der Waals surface area contributed by atoms with Crippen molar-refractivity contribution in [1.82, 2.24) is 24.8 Å². The number of benzene rings is 3. The summed E-state index contributed by atoms with van der Waals surface area (Å²) >= 11 is 0. The average molecular weight is 537 g/mol. The first-order valence-corrected chi connectivity index (χ1v) is 13.2. The molecule has 2 aromatic heterocycles. The van der Waals surface area contributed by atoms with Crippen LogP contribution in [0.4, 0.5) is 27.4 Å². The van der Waals surface area contributed by atoms with E-state index in [-0.39, 0.29) is 5.91 Å². The van der Waals surface area contributed by atoms with Gasteiger partial charge in [0.2, 0.25) is 5.95 Å². The second-order valence-electron chi connectivity index (χ2n) is 9.69. The molecule has 202 valence electrons. The summed E-state index contributed by atoms with van der Waals surface area (Å²) in [5.74, 6) is 0.971. The number of carbonyl (C=O) groups excluding carboxylic acids is 1. The van der Waals surface area contributed by atoms with Gasteiger partial charge in [-0.05, 0) is 66.6 Å². The van der Waals surface area contributed by atoms with Gasteiger partial charge in [-0.25, -0.2) is 19.3 Å². The lowest BCUT2D eigenvalue weighted by Gasteiger charge is -2.30. The highest BCUT2D eigenvalue weighted by Crippen LogP contribution is 2.29. The summed E-state index contributed by atoms with van der Waals surface area (Å²) in [6.07, 6.45) is 3.19. The van der Waals surface area contributed by atoms with Gasteiger partial charge in [-0.3, -0.25) is 9.36 Å². The Balaban J connectivity index is 1.29. The zero-order chi connectivity index (χ0) is 27.5. The maximum Gasteiger partial charge on any atom is 0.255 e. The van der Waals surface area contributed by atoms with Crippen LogP contribution in [0.3, 0.4) is 0 Å². The third kappa shape index (κ3) is 5.21. The predicted octanol–water partition coefficient (Wildman–Crippen LogP) is 5.00. The molecule has 3 aromatic carbocycles. The number of aryl methyl sites for hydroxylation is 1. The number of amides is 1. The molecule has 1 saturated heterocycles. The molecule has 9 nitrogen and oxygen atoms in total. The van der Waals surface area contributed by atoms with Gasteiger partial charge in [-0.15, -0.1) is 0 Å². The van der Waals surface area contributed by atoms with Gasteiger partial charge < -0.3 is 20.9 Å². The van der Waals surface area contributed by atoms with Gasteiger partial charge in [0.15, 0.2) is 0 Å². The maximum absolute atomic E-state index is 13.7. The summed E-state index contributed by atoms with van der Waals surface area (Å²) in [7, 11) is 0. The Labute approximate surface area is 231 Å². The molecule has 0 unspecified atom stereocenters. The van der Waals surface area contributed by atoms with E-state index in [1.165, 1.54) is 6.33 Å². The standard InChI is InChI=1S/C30H29FN8O/c1-20-6-7-23(35-29(40)22-14-21(18-31)15-24(16-22)38-12-10-32-11-13-38)17-26(20)37-30-36-25-4-2-3-5-27(25)39(30)28-8-9-33-19-34-28/h2-9,14-17,19,32H,10-13,18H2,1H3,(H,35,40)(H,36,37). The normalized spacial score (nSPS) is 13.4. The van der Waals surface area contributed by atoms with Crippen molar-refractivity contribution in [2.75, 3.05) is 41.7 Å². The van der Waals surface area contributed by atoms with Crippen molar-refractivity contribution >= 4 is 40.0 Å². The molecule has 1 amide bonds. The number of nitrogens with zero attached hydrogens (tertiary/aromatic N) is 5. The van der Waals surface area contributed by atoms with Crippen LogP contribution >= 0.6 is 0 Å². The van der Waals surface area contributed by atoms with E-state index in [0.717, 1.165) is 54.2 Å². The summed E-state index contributed by atoms with van der Waals surface area (Å²) in [5, 5.41) is 9.73. The van der Waals surface area contributed by atoms with Crippen molar-refractivity contribution in [3.05, 3.63) is 95.9 Å². The molecule has 6 rings (SSSR count). The van der Waals surface area contributed by atoms with Crippen LogP contribution in [0, 0.1) is 6.92 Å². The molecule has 40 heavy (non-hydrogen) atoms. The number of nitrogens with one attached hydrogen (secondary N) is 3. The Morgan fingerprint density at radius 3 is 2.70 bits per heavy atom. The third-order valence-electron chi connectivity index (χ3n) is 6.97. The fourth-order valence-corrected chi connectivity index (χ4v) is 4.90. The zero-order valence-electron chi connectivity index (χ0n) is 22.1. The highest BCUT2D eigenvalue weighted by Gasteiger charge is 2.17. The first kappa shape index (κ1) is 25.4. The summed E-state index contributed by atoms with van der Waals surface area (Å²) in [6.45, 7) is 4.67. The van der Waals surface area contributed by atoms with E-state index in [2.05, 4.69) is 30.8 Å². The molecule has 0 bridgehead atoms. The van der Waals surface area contributed by atoms with Crippen molar-refractivity contribution < 1.29 is 9.18 Å². The first-order chi connectivity index (χ1) is 19.6. The van der Waals surface area contributed by atoms with Crippen molar-refractivity contribution in [2.45, 2.75) is 13.6 Å². The number of rotatable bonds is 7. The largest absolute Gasteiger partial charge is 0.369 e. The third-order valence-corrected chi connectivity index (χ3v) is 6.97. The second kappa shape index (κ2) is 11.1. The number of hydrogen-bond acceptors (Lipinski definition) is 7. The molecule has 0 atom stereocenters. The maximum atomic E-state index is 13.7. The summed E-state index contributed by atoms with van der Waals surface area (Å²) in [6, 6.07) is 20.6. The van der Waals surface area contributed by atoms with Crippen LogP contribution in [0.25, 0.3) is 16.9 Å². The van der Waals surface area contributed by atoms with Gasteiger partial charge >= 0.3 is 0 Å². The molecule has 1 aliphatic heterocycles. The average Bonchev–Trinajstić information content (AvgIpc) is 3.37. The second-order valence-corrected chi connectivity index (χ2v) is 9.69. The van der Waals surface area contributed by atoms with E-state index in [1.54, 1.807) is 12.3 Å². The molecule has 0 spiro atoms. The lowest BCUT2D eigenvalue weighted by molar-refractivity contribution is 0.102. The number of hydrogen-bond donors (Lipinski definition) is 3. The number of carbonyl (C=O) groups is 1. The summed E-state index contributed by atoms with van der Waals surface area (Å²) < 4.78 is 15.6. The molecule has 3 N–H and O–H groups in total. The minimum absolute atomic E-state index is 0.297. The van der Waals surface area contributed by atoms with Crippen LogP contribution in [0.2, 0.25) is 0 Å². The zero-order valence-corrected chi connectivity index (χ0v) is 22.1. The lowest BCUT2D eigenvalue weighted by Crippen LogP contribution is -2.43. The SMILES string of the molecule is Cc1ccc(NC(=O)c2cc(CF)cc(N3CCNCC3)c2)cc1Nc1nc2ccccc2n1-c1ccncn1. The number of alkyl halides is 1. The quantitative estimate of drug-likeness (QED) is 0.269. The molecular formula is C30H29FN8O. The van der Waals surface area contributed by atoms with E-state index in [9.17, 15) is 9.18 Å². The van der Waals surface area contributed by atoms with Crippen LogP contribution in [0.5, 0.6) is 0 Å². The van der Waals surface area contributed by atoms with Crippen LogP contribution in [0.1, 0.15) is 21.5 Å². The Morgan fingerprint density at radius 1 is 1.05 bits per heavy atom. The number of para-hydroxylation sites is 2. The topological polar surface area (TPSA) is 100 Å². The molecule has 1 aliphatic rings. The Morgan fingerprint density at radius 2 is 1.90 bits per heavy atom. The number of aromatic nitrogens is 4. The van der Waals surface area contributed by atoms with E-state index in [0.29, 0.717) is 28.6 Å². The molecule has 5 aromatic rings. The van der Waals surface area contributed by atoms with Crippen molar-refractivity contribution in [3.63, 3.8) is 0 Å². The Kier molecular flexibility index (Phi) is 7.07. The lowest BCUT2D eigenvalue weighted by atomic mass is 10.1. The Bertz CT molecular complexity index is 1660. The fourth-order valence-electron chi connectivity index (χ4n) is 4.90. The van der Waals surface area contributed by atoms with Crippen molar-refractivity contribution in [1.29, 1.82) is 0 Å².